The number of aliphatic hydroxyl groups is 1. The fraction of sp³-hybridized carbons (Fsp3) is 0.385. The van der Waals surface area contributed by atoms with Gasteiger partial charge in [0.25, 0.3) is 5.91 Å². The summed E-state index contributed by atoms with van der Waals surface area (Å²) in [6.07, 6.45) is 0.605. The first-order chi connectivity index (χ1) is 8.39. The van der Waals surface area contributed by atoms with E-state index in [4.69, 9.17) is 18.0 Å². The van der Waals surface area contributed by atoms with Gasteiger partial charge in [-0.1, -0.05) is 24.4 Å². The van der Waals surface area contributed by atoms with Crippen molar-refractivity contribution in [1.29, 1.82) is 0 Å². The molecule has 0 bridgehead atoms. The average Bonchev–Trinajstić information content (AvgIpc) is 2.69. The number of benzene rings is 1. The molecule has 4 nitrogen and oxygen atoms in total. The van der Waals surface area contributed by atoms with E-state index in [1.807, 2.05) is 0 Å². The molecule has 1 heterocycles. The van der Waals surface area contributed by atoms with Gasteiger partial charge in [-0.15, -0.1) is 0 Å². The minimum absolute atomic E-state index is 0.0918. The molecule has 1 aliphatic rings. The topological polar surface area (TPSA) is 66.6 Å². The van der Waals surface area contributed by atoms with Gasteiger partial charge in [0.15, 0.2) is 0 Å². The fourth-order valence-electron chi connectivity index (χ4n) is 2.11. The molecule has 0 aromatic heterocycles. The molecule has 2 rings (SSSR count). The van der Waals surface area contributed by atoms with E-state index in [-0.39, 0.29) is 10.9 Å². The Bertz CT molecular complexity index is 500. The zero-order valence-corrected chi connectivity index (χ0v) is 11.0. The summed E-state index contributed by atoms with van der Waals surface area (Å²) in [5.41, 5.74) is 6.00. The first kappa shape index (κ1) is 13.0. The van der Waals surface area contributed by atoms with Crippen LogP contribution in [0, 0.1) is 0 Å². The molecule has 96 valence electrons. The zero-order chi connectivity index (χ0) is 13.3. The molecule has 1 aliphatic heterocycles. The van der Waals surface area contributed by atoms with Crippen LogP contribution in [0.5, 0.6) is 0 Å². The molecular formula is C13H16N2O2S. The molecule has 1 aromatic carbocycles. The van der Waals surface area contributed by atoms with E-state index in [0.717, 1.165) is 0 Å². The summed E-state index contributed by atoms with van der Waals surface area (Å²) in [6.45, 7) is 2.68. The van der Waals surface area contributed by atoms with E-state index < -0.39 is 5.60 Å². The van der Waals surface area contributed by atoms with Crippen molar-refractivity contribution in [1.82, 2.24) is 4.90 Å². The summed E-state index contributed by atoms with van der Waals surface area (Å²) in [4.78, 5) is 14.2. The van der Waals surface area contributed by atoms with Crippen molar-refractivity contribution >= 4 is 23.1 Å². The maximum Gasteiger partial charge on any atom is 0.253 e. The largest absolute Gasteiger partial charge is 0.389 e. The second kappa shape index (κ2) is 4.66. The summed E-state index contributed by atoms with van der Waals surface area (Å²) in [5, 5.41) is 9.87. The molecule has 0 saturated carbocycles. The number of nitrogens with two attached hydrogens (primary N) is 1. The molecule has 3 N–H and O–H groups in total. The van der Waals surface area contributed by atoms with Gasteiger partial charge in [-0.3, -0.25) is 4.79 Å². The highest BCUT2D eigenvalue weighted by molar-refractivity contribution is 7.80. The predicted molar refractivity (Wildman–Crippen MR) is 73.5 cm³/mol. The second-order valence-corrected chi connectivity index (χ2v) is 5.36. The van der Waals surface area contributed by atoms with Gasteiger partial charge in [-0.05, 0) is 25.5 Å². The Labute approximate surface area is 111 Å². The lowest BCUT2D eigenvalue weighted by atomic mass is 10.1. The maximum atomic E-state index is 12.2. The Morgan fingerprint density at radius 3 is 2.72 bits per heavy atom. The van der Waals surface area contributed by atoms with E-state index in [0.29, 0.717) is 30.6 Å². The number of thiocarbonyl (C=S) groups is 1. The summed E-state index contributed by atoms with van der Waals surface area (Å²) in [7, 11) is 0. The summed E-state index contributed by atoms with van der Waals surface area (Å²) < 4.78 is 0. The molecule has 1 unspecified atom stereocenters. The van der Waals surface area contributed by atoms with Gasteiger partial charge < -0.3 is 15.7 Å². The normalized spacial score (nSPS) is 23.1. The number of β-amino-alcohol motifs (C(OH)–C–C–N with tert-alkyl or cyclic N) is 1. The van der Waals surface area contributed by atoms with Crippen LogP contribution in [0.3, 0.4) is 0 Å². The molecule has 1 aromatic rings. The number of nitrogens with zero attached hydrogens (tertiary/aromatic N) is 1. The fourth-order valence-corrected chi connectivity index (χ4v) is 2.23. The summed E-state index contributed by atoms with van der Waals surface area (Å²) in [6, 6.07) is 6.96. The Balaban J connectivity index is 2.19. The van der Waals surface area contributed by atoms with Crippen molar-refractivity contribution in [3.8, 4) is 0 Å². The van der Waals surface area contributed by atoms with Crippen molar-refractivity contribution in [2.45, 2.75) is 18.9 Å². The Morgan fingerprint density at radius 2 is 2.17 bits per heavy atom. The number of rotatable bonds is 2. The summed E-state index contributed by atoms with van der Waals surface area (Å²) in [5.74, 6) is -0.0918. The van der Waals surface area contributed by atoms with E-state index >= 15 is 0 Å². The lowest BCUT2D eigenvalue weighted by molar-refractivity contribution is 0.0572. The number of hydrogen-bond donors (Lipinski definition) is 2. The SMILES string of the molecule is CC1(O)CCN(C(=O)c2cccc(C(N)=S)c2)C1. The maximum absolute atomic E-state index is 12.2. The van der Waals surface area contributed by atoms with Crippen LogP contribution >= 0.6 is 12.2 Å². The van der Waals surface area contributed by atoms with E-state index in [1.54, 1.807) is 36.1 Å². The number of hydrogen-bond acceptors (Lipinski definition) is 3. The summed E-state index contributed by atoms with van der Waals surface area (Å²) >= 11 is 4.89. The molecule has 5 heteroatoms. The van der Waals surface area contributed by atoms with E-state index in [2.05, 4.69) is 0 Å². The van der Waals surface area contributed by atoms with Crippen molar-refractivity contribution in [2.24, 2.45) is 5.73 Å². The highest BCUT2D eigenvalue weighted by atomic mass is 32.1. The minimum atomic E-state index is -0.781. The number of carbonyl (C=O) groups is 1. The Kier molecular flexibility index (Phi) is 3.36. The lowest BCUT2D eigenvalue weighted by Crippen LogP contribution is -2.34. The van der Waals surface area contributed by atoms with Crippen LogP contribution < -0.4 is 5.73 Å². The highest BCUT2D eigenvalue weighted by Crippen LogP contribution is 2.22. The number of likely N-dealkylation sites (tertiary alicyclic amines) is 1. The van der Waals surface area contributed by atoms with Gasteiger partial charge >= 0.3 is 0 Å². The van der Waals surface area contributed by atoms with E-state index in [9.17, 15) is 9.90 Å². The quantitative estimate of drug-likeness (QED) is 0.779. The minimum Gasteiger partial charge on any atom is -0.389 e. The molecule has 1 fully saturated rings. The molecule has 1 saturated heterocycles. The van der Waals surface area contributed by atoms with Crippen molar-refractivity contribution < 1.29 is 9.90 Å². The van der Waals surface area contributed by atoms with Gasteiger partial charge in [0.1, 0.15) is 4.99 Å². The monoisotopic (exact) mass is 264 g/mol. The molecular weight excluding hydrogens is 248 g/mol. The van der Waals surface area contributed by atoms with Crippen LogP contribution in [0.25, 0.3) is 0 Å². The van der Waals surface area contributed by atoms with Crippen LogP contribution in [0.1, 0.15) is 29.3 Å². The van der Waals surface area contributed by atoms with Crippen LogP contribution in [0.2, 0.25) is 0 Å². The standard InChI is InChI=1S/C13H16N2O2S/c1-13(17)5-6-15(8-13)12(16)10-4-2-3-9(7-10)11(14)18/h2-4,7,17H,5-6,8H2,1H3,(H2,14,18). The highest BCUT2D eigenvalue weighted by Gasteiger charge is 2.34. The van der Waals surface area contributed by atoms with Crippen LogP contribution in [0.4, 0.5) is 0 Å². The zero-order valence-electron chi connectivity index (χ0n) is 10.2. The molecule has 0 radical (unpaired) electrons. The van der Waals surface area contributed by atoms with Crippen molar-refractivity contribution in [3.63, 3.8) is 0 Å². The van der Waals surface area contributed by atoms with Gasteiger partial charge in [-0.2, -0.15) is 0 Å². The molecule has 0 spiro atoms. The third kappa shape index (κ3) is 2.68. The Morgan fingerprint density at radius 1 is 1.50 bits per heavy atom. The molecule has 1 amide bonds. The van der Waals surface area contributed by atoms with Crippen molar-refractivity contribution in [3.05, 3.63) is 35.4 Å². The average molecular weight is 264 g/mol. The first-order valence-corrected chi connectivity index (χ1v) is 6.21. The number of carbonyl (C=O) groups excluding carboxylic acids is 1. The molecule has 0 aliphatic carbocycles. The van der Waals surface area contributed by atoms with Gasteiger partial charge in [0.2, 0.25) is 0 Å². The smallest absolute Gasteiger partial charge is 0.253 e. The van der Waals surface area contributed by atoms with Gasteiger partial charge in [0, 0.05) is 24.2 Å². The van der Waals surface area contributed by atoms with Gasteiger partial charge in [-0.25, -0.2) is 0 Å². The number of amides is 1. The molecule has 1 atom stereocenters. The third-order valence-corrected chi connectivity index (χ3v) is 3.37. The third-order valence-electron chi connectivity index (χ3n) is 3.13. The van der Waals surface area contributed by atoms with Gasteiger partial charge in [0.05, 0.1) is 5.60 Å². The van der Waals surface area contributed by atoms with Crippen molar-refractivity contribution in [2.75, 3.05) is 13.1 Å². The molecule has 18 heavy (non-hydrogen) atoms. The predicted octanol–water partition coefficient (Wildman–Crippen LogP) is 0.918. The first-order valence-electron chi connectivity index (χ1n) is 5.81. The van der Waals surface area contributed by atoms with Crippen LogP contribution in [0.15, 0.2) is 24.3 Å². The van der Waals surface area contributed by atoms with Crippen LogP contribution in [-0.2, 0) is 0 Å². The second-order valence-electron chi connectivity index (χ2n) is 4.92. The van der Waals surface area contributed by atoms with Crippen LogP contribution in [-0.4, -0.2) is 39.6 Å². The van der Waals surface area contributed by atoms with E-state index in [1.165, 1.54) is 0 Å². The lowest BCUT2D eigenvalue weighted by Gasteiger charge is -2.19. The Hall–Kier alpha value is -1.46.